The molecule has 0 saturated carbocycles. The van der Waals surface area contributed by atoms with E-state index in [2.05, 4.69) is 10.6 Å². The number of carbonyl (C=O) groups excluding carboxylic acids is 2. The number of rotatable bonds is 5. The molecule has 0 bridgehead atoms. The second kappa shape index (κ2) is 6.13. The predicted octanol–water partition coefficient (Wildman–Crippen LogP) is 1.70. The molecule has 7 nitrogen and oxygen atoms in total. The van der Waals surface area contributed by atoms with Gasteiger partial charge in [-0.2, -0.15) is 0 Å². The highest BCUT2D eigenvalue weighted by atomic mass is 32.1. The van der Waals surface area contributed by atoms with Crippen LogP contribution in [0.2, 0.25) is 0 Å². The van der Waals surface area contributed by atoms with Crippen LogP contribution in [0.1, 0.15) is 34.6 Å². The molecule has 5 N–H and O–H groups in total. The molecule has 0 atom stereocenters. The van der Waals surface area contributed by atoms with Crippen molar-refractivity contribution in [2.45, 2.75) is 27.7 Å². The van der Waals surface area contributed by atoms with Crippen molar-refractivity contribution in [1.82, 2.24) is 5.32 Å². The Morgan fingerprint density at radius 1 is 1.29 bits per heavy atom. The summed E-state index contributed by atoms with van der Waals surface area (Å²) in [5.41, 5.74) is 5.04. The lowest BCUT2D eigenvalue weighted by Gasteiger charge is -2.20. The Morgan fingerprint density at radius 3 is 2.33 bits per heavy atom. The van der Waals surface area contributed by atoms with E-state index < -0.39 is 23.3 Å². The van der Waals surface area contributed by atoms with Crippen molar-refractivity contribution in [2.24, 2.45) is 11.1 Å². The number of nitrogens with one attached hydrogen (secondary N) is 2. The van der Waals surface area contributed by atoms with E-state index in [-0.39, 0.29) is 17.1 Å². The van der Waals surface area contributed by atoms with Crippen molar-refractivity contribution in [3.63, 3.8) is 0 Å². The summed E-state index contributed by atoms with van der Waals surface area (Å²) in [6.45, 7) is 6.75. The van der Waals surface area contributed by atoms with Crippen LogP contribution in [-0.4, -0.2) is 29.6 Å². The molecule has 0 saturated heterocycles. The molecule has 116 valence electrons. The van der Waals surface area contributed by atoms with Crippen LogP contribution in [0.3, 0.4) is 0 Å². The molecule has 1 aromatic rings. The Morgan fingerprint density at radius 2 is 1.86 bits per heavy atom. The van der Waals surface area contributed by atoms with E-state index >= 15 is 0 Å². The quantitative estimate of drug-likeness (QED) is 0.661. The highest BCUT2D eigenvalue weighted by molar-refractivity contribution is 7.16. The molecule has 1 heterocycles. The molecule has 21 heavy (non-hydrogen) atoms. The first-order valence-corrected chi connectivity index (χ1v) is 7.06. The van der Waals surface area contributed by atoms with Gasteiger partial charge in [-0.1, -0.05) is 0 Å². The lowest BCUT2D eigenvalue weighted by molar-refractivity contribution is -0.125. The van der Waals surface area contributed by atoms with Gasteiger partial charge in [0.2, 0.25) is 5.91 Å². The third kappa shape index (κ3) is 3.94. The maximum atomic E-state index is 11.8. The molecular weight excluding hydrogens is 294 g/mol. The summed E-state index contributed by atoms with van der Waals surface area (Å²) in [5.74, 6) is -1.62. The average molecular weight is 313 g/mol. The SMILES string of the molecule is Cc1sc(NC(=O)NCC(C)(C)C(N)=O)c(C(=O)O)c1C. The first-order valence-electron chi connectivity index (χ1n) is 6.24. The number of carbonyl (C=O) groups is 3. The first kappa shape index (κ1) is 17.0. The van der Waals surface area contributed by atoms with Gasteiger partial charge in [0.15, 0.2) is 0 Å². The smallest absolute Gasteiger partial charge is 0.338 e. The number of carboxylic acids is 1. The zero-order chi connectivity index (χ0) is 16.4. The van der Waals surface area contributed by atoms with E-state index in [9.17, 15) is 19.5 Å². The van der Waals surface area contributed by atoms with Gasteiger partial charge in [-0.25, -0.2) is 9.59 Å². The normalized spacial score (nSPS) is 11.0. The molecule has 1 rings (SSSR count). The van der Waals surface area contributed by atoms with E-state index in [1.807, 2.05) is 0 Å². The number of amides is 3. The zero-order valence-corrected chi connectivity index (χ0v) is 13.2. The zero-order valence-electron chi connectivity index (χ0n) is 12.4. The van der Waals surface area contributed by atoms with Gasteiger partial charge in [0.05, 0.1) is 11.0 Å². The number of urea groups is 1. The number of nitrogens with two attached hydrogens (primary N) is 1. The minimum Gasteiger partial charge on any atom is -0.478 e. The van der Waals surface area contributed by atoms with Crippen molar-refractivity contribution >= 4 is 34.2 Å². The van der Waals surface area contributed by atoms with Crippen LogP contribution in [0.25, 0.3) is 0 Å². The van der Waals surface area contributed by atoms with Gasteiger partial charge in [-0.15, -0.1) is 11.3 Å². The van der Waals surface area contributed by atoms with Crippen LogP contribution in [0.4, 0.5) is 9.80 Å². The van der Waals surface area contributed by atoms with Gasteiger partial charge >= 0.3 is 12.0 Å². The lowest BCUT2D eigenvalue weighted by atomic mass is 9.93. The third-order valence-corrected chi connectivity index (χ3v) is 4.31. The number of thiophene rings is 1. The molecular formula is C13H19N3O4S. The number of carboxylic acid groups (broad SMARTS) is 1. The van der Waals surface area contributed by atoms with E-state index in [1.165, 1.54) is 11.3 Å². The van der Waals surface area contributed by atoms with Crippen LogP contribution < -0.4 is 16.4 Å². The number of hydrogen-bond donors (Lipinski definition) is 4. The molecule has 0 unspecified atom stereocenters. The van der Waals surface area contributed by atoms with E-state index in [0.717, 1.165) is 4.88 Å². The summed E-state index contributed by atoms with van der Waals surface area (Å²) in [7, 11) is 0. The molecule has 0 radical (unpaired) electrons. The van der Waals surface area contributed by atoms with Gasteiger partial charge in [0, 0.05) is 11.4 Å². The lowest BCUT2D eigenvalue weighted by Crippen LogP contribution is -2.43. The van der Waals surface area contributed by atoms with Gasteiger partial charge in [-0.05, 0) is 33.3 Å². The van der Waals surface area contributed by atoms with Crippen LogP contribution in [0.5, 0.6) is 0 Å². The summed E-state index contributed by atoms with van der Waals surface area (Å²) in [5, 5.41) is 14.5. The molecule has 0 aliphatic heterocycles. The van der Waals surface area contributed by atoms with Crippen LogP contribution in [0.15, 0.2) is 0 Å². The Kier molecular flexibility index (Phi) is 4.95. The Balaban J connectivity index is 2.79. The van der Waals surface area contributed by atoms with Gasteiger partial charge < -0.3 is 16.2 Å². The molecule has 3 amide bonds. The molecule has 0 aromatic carbocycles. The summed E-state index contributed by atoms with van der Waals surface area (Å²) < 4.78 is 0. The summed E-state index contributed by atoms with van der Waals surface area (Å²) in [6, 6.07) is -0.576. The fraction of sp³-hybridized carbons (Fsp3) is 0.462. The van der Waals surface area contributed by atoms with Crippen molar-refractivity contribution in [2.75, 3.05) is 11.9 Å². The Labute approximate surface area is 126 Å². The maximum absolute atomic E-state index is 11.8. The summed E-state index contributed by atoms with van der Waals surface area (Å²) >= 11 is 1.19. The van der Waals surface area contributed by atoms with Crippen molar-refractivity contribution in [3.8, 4) is 0 Å². The molecule has 0 fully saturated rings. The van der Waals surface area contributed by atoms with E-state index in [4.69, 9.17) is 5.73 Å². The second-order valence-corrected chi connectivity index (χ2v) is 6.57. The third-order valence-electron chi connectivity index (χ3n) is 3.18. The van der Waals surface area contributed by atoms with Crippen molar-refractivity contribution < 1.29 is 19.5 Å². The largest absolute Gasteiger partial charge is 0.478 e. The number of aryl methyl sites for hydroxylation is 1. The average Bonchev–Trinajstić information content (AvgIpc) is 2.62. The molecule has 0 aliphatic carbocycles. The van der Waals surface area contributed by atoms with E-state index in [1.54, 1.807) is 27.7 Å². The Hall–Kier alpha value is -2.09. The fourth-order valence-electron chi connectivity index (χ4n) is 1.51. The molecule has 0 aliphatic rings. The molecule has 8 heteroatoms. The number of aromatic carboxylic acids is 1. The number of hydrogen-bond acceptors (Lipinski definition) is 4. The highest BCUT2D eigenvalue weighted by Gasteiger charge is 2.26. The summed E-state index contributed by atoms with van der Waals surface area (Å²) in [4.78, 5) is 35.0. The topological polar surface area (TPSA) is 122 Å². The minimum atomic E-state index is -1.09. The van der Waals surface area contributed by atoms with E-state index in [0.29, 0.717) is 5.56 Å². The minimum absolute atomic E-state index is 0.0555. The number of primary amides is 1. The van der Waals surface area contributed by atoms with Crippen LogP contribution in [-0.2, 0) is 4.79 Å². The summed E-state index contributed by atoms with van der Waals surface area (Å²) in [6.07, 6.45) is 0. The highest BCUT2D eigenvalue weighted by Crippen LogP contribution is 2.32. The van der Waals surface area contributed by atoms with Crippen molar-refractivity contribution in [1.29, 1.82) is 0 Å². The fourth-order valence-corrected chi connectivity index (χ4v) is 2.56. The number of anilines is 1. The maximum Gasteiger partial charge on any atom is 0.338 e. The second-order valence-electron chi connectivity index (χ2n) is 5.35. The van der Waals surface area contributed by atoms with Crippen LogP contribution in [0, 0.1) is 19.3 Å². The monoisotopic (exact) mass is 313 g/mol. The van der Waals surface area contributed by atoms with Gasteiger partial charge in [0.1, 0.15) is 5.00 Å². The standard InChI is InChI=1S/C13H19N3O4S/c1-6-7(2)21-9(8(6)10(17)18)16-12(20)15-5-13(3,4)11(14)19/h5H2,1-4H3,(H2,14,19)(H,17,18)(H2,15,16,20). The molecule has 1 aromatic heterocycles. The van der Waals surface area contributed by atoms with Crippen molar-refractivity contribution in [3.05, 3.63) is 16.0 Å². The van der Waals surface area contributed by atoms with Gasteiger partial charge in [0.25, 0.3) is 0 Å². The molecule has 0 spiro atoms. The Bertz CT molecular complexity index is 592. The first-order chi connectivity index (χ1) is 9.56. The predicted molar refractivity (Wildman–Crippen MR) is 80.7 cm³/mol. The van der Waals surface area contributed by atoms with Gasteiger partial charge in [-0.3, -0.25) is 10.1 Å². The van der Waals surface area contributed by atoms with Crippen LogP contribution >= 0.6 is 11.3 Å².